The number of halogens is 1. The highest BCUT2D eigenvalue weighted by molar-refractivity contribution is 5.95. The van der Waals surface area contributed by atoms with Gasteiger partial charge in [0.15, 0.2) is 11.5 Å². The number of methoxy groups -OCH3 is 1. The fraction of sp³-hybridized carbons (Fsp3) is 0.269. The van der Waals surface area contributed by atoms with Crippen LogP contribution in [-0.4, -0.2) is 31.0 Å². The van der Waals surface area contributed by atoms with Crippen molar-refractivity contribution in [3.63, 3.8) is 0 Å². The number of ether oxygens (including phenoxy) is 2. The molecule has 1 unspecified atom stereocenters. The fourth-order valence-electron chi connectivity index (χ4n) is 3.47. The summed E-state index contributed by atoms with van der Waals surface area (Å²) < 4.78 is 24.7. The average molecular weight is 437 g/mol. The maximum Gasteiger partial charge on any atom is 0.254 e. The van der Waals surface area contributed by atoms with E-state index in [1.807, 2.05) is 37.3 Å². The summed E-state index contributed by atoms with van der Waals surface area (Å²) in [5.74, 6) is 0.591. The van der Waals surface area contributed by atoms with Crippen LogP contribution in [0.25, 0.3) is 0 Å². The Hall–Kier alpha value is -3.38. The van der Waals surface area contributed by atoms with Gasteiger partial charge in [-0.2, -0.15) is 0 Å². The van der Waals surface area contributed by atoms with Crippen LogP contribution in [0.3, 0.4) is 0 Å². The lowest BCUT2D eigenvalue weighted by molar-refractivity contribution is 0.0689. The zero-order valence-corrected chi connectivity index (χ0v) is 18.5. The lowest BCUT2D eigenvalue weighted by Gasteiger charge is -2.30. The molecule has 0 aliphatic rings. The molecule has 0 fully saturated rings. The van der Waals surface area contributed by atoms with Crippen LogP contribution in [0.5, 0.6) is 11.5 Å². The second-order valence-corrected chi connectivity index (χ2v) is 7.51. The zero-order valence-electron chi connectivity index (χ0n) is 18.5. The third kappa shape index (κ3) is 5.86. The predicted molar refractivity (Wildman–Crippen MR) is 123 cm³/mol. The molecule has 5 nitrogen and oxygen atoms in total. The van der Waals surface area contributed by atoms with Gasteiger partial charge in [-0.05, 0) is 61.3 Å². The summed E-state index contributed by atoms with van der Waals surface area (Å²) in [6, 6.07) is 21.0. The van der Waals surface area contributed by atoms with Crippen molar-refractivity contribution in [1.29, 1.82) is 0 Å². The Morgan fingerprint density at radius 2 is 1.75 bits per heavy atom. The molecule has 1 amide bonds. The first-order valence-electron chi connectivity index (χ1n) is 10.6. The minimum Gasteiger partial charge on any atom is -0.493 e. The summed E-state index contributed by atoms with van der Waals surface area (Å²) in [5, 5.41) is 0. The Bertz CT molecular complexity index is 1010. The summed E-state index contributed by atoms with van der Waals surface area (Å²) in [4.78, 5) is 15.2. The van der Waals surface area contributed by atoms with Crippen molar-refractivity contribution >= 4 is 5.91 Å². The lowest BCUT2D eigenvalue weighted by Crippen LogP contribution is -2.35. The van der Waals surface area contributed by atoms with E-state index in [1.54, 1.807) is 42.3 Å². The molecule has 6 heteroatoms. The second-order valence-electron chi connectivity index (χ2n) is 7.51. The third-order valence-corrected chi connectivity index (χ3v) is 5.33. The van der Waals surface area contributed by atoms with Crippen LogP contribution in [0.2, 0.25) is 0 Å². The van der Waals surface area contributed by atoms with Gasteiger partial charge < -0.3 is 20.1 Å². The van der Waals surface area contributed by atoms with E-state index >= 15 is 0 Å². The van der Waals surface area contributed by atoms with Crippen molar-refractivity contribution in [3.8, 4) is 11.5 Å². The molecule has 0 saturated carbocycles. The summed E-state index contributed by atoms with van der Waals surface area (Å²) in [6.45, 7) is 3.28. The number of nitrogens with two attached hydrogens (primary N) is 1. The van der Waals surface area contributed by atoms with E-state index in [-0.39, 0.29) is 17.8 Å². The number of hydrogen-bond acceptors (Lipinski definition) is 4. The summed E-state index contributed by atoms with van der Waals surface area (Å²) in [5.41, 5.74) is 8.07. The summed E-state index contributed by atoms with van der Waals surface area (Å²) in [6.07, 6.45) is 0.659. The van der Waals surface area contributed by atoms with E-state index in [9.17, 15) is 9.18 Å². The minimum absolute atomic E-state index is 0.150. The molecule has 3 aromatic carbocycles. The first-order chi connectivity index (χ1) is 15.5. The van der Waals surface area contributed by atoms with Crippen molar-refractivity contribution in [2.45, 2.75) is 26.0 Å². The first-order valence-corrected chi connectivity index (χ1v) is 10.6. The van der Waals surface area contributed by atoms with Gasteiger partial charge in [-0.25, -0.2) is 4.39 Å². The topological polar surface area (TPSA) is 64.8 Å². The normalized spacial score (nSPS) is 11.6. The summed E-state index contributed by atoms with van der Waals surface area (Å²) in [7, 11) is 1.55. The van der Waals surface area contributed by atoms with Gasteiger partial charge in [0, 0.05) is 12.1 Å². The molecule has 168 valence electrons. The molecule has 0 radical (unpaired) electrons. The highest BCUT2D eigenvalue weighted by Crippen LogP contribution is 2.31. The van der Waals surface area contributed by atoms with Gasteiger partial charge in [-0.3, -0.25) is 4.79 Å². The maximum atomic E-state index is 13.4. The Labute approximate surface area is 188 Å². The number of amides is 1. The average Bonchev–Trinajstić information content (AvgIpc) is 2.83. The van der Waals surface area contributed by atoms with Crippen LogP contribution in [-0.2, 0) is 6.61 Å². The van der Waals surface area contributed by atoms with Crippen LogP contribution in [0.15, 0.2) is 72.8 Å². The predicted octanol–water partition coefficient (Wildman–Crippen LogP) is 4.97. The number of rotatable bonds is 10. The fourth-order valence-corrected chi connectivity index (χ4v) is 3.47. The Morgan fingerprint density at radius 3 is 2.41 bits per heavy atom. The molecule has 0 aliphatic carbocycles. The van der Waals surface area contributed by atoms with E-state index in [1.165, 1.54) is 12.1 Å². The van der Waals surface area contributed by atoms with Crippen LogP contribution < -0.4 is 15.2 Å². The monoisotopic (exact) mass is 436 g/mol. The van der Waals surface area contributed by atoms with Gasteiger partial charge in [-0.15, -0.1) is 0 Å². The lowest BCUT2D eigenvalue weighted by atomic mass is 10.0. The SMILES string of the molecule is COc1cc(C(=O)N(CCCN)C(C)c2ccc(F)cc2)ccc1OCc1ccccc1. The first kappa shape index (κ1) is 23.3. The van der Waals surface area contributed by atoms with E-state index in [4.69, 9.17) is 15.2 Å². The van der Waals surface area contributed by atoms with Crippen molar-refractivity contribution in [1.82, 2.24) is 4.90 Å². The molecule has 2 N–H and O–H groups in total. The van der Waals surface area contributed by atoms with Gasteiger partial charge >= 0.3 is 0 Å². The molecule has 32 heavy (non-hydrogen) atoms. The van der Waals surface area contributed by atoms with Gasteiger partial charge in [0.25, 0.3) is 5.91 Å². The highest BCUT2D eigenvalue weighted by Gasteiger charge is 2.23. The molecule has 1 atom stereocenters. The van der Waals surface area contributed by atoms with E-state index < -0.39 is 0 Å². The van der Waals surface area contributed by atoms with Gasteiger partial charge in [0.2, 0.25) is 0 Å². The van der Waals surface area contributed by atoms with Crippen molar-refractivity contribution in [2.75, 3.05) is 20.2 Å². The molecular formula is C26H29FN2O3. The second kappa shape index (κ2) is 11.3. The number of nitrogens with zero attached hydrogens (tertiary/aromatic N) is 1. The molecule has 3 rings (SSSR count). The van der Waals surface area contributed by atoms with Crippen LogP contribution >= 0.6 is 0 Å². The molecule has 0 aliphatic heterocycles. The molecule has 0 heterocycles. The van der Waals surface area contributed by atoms with Gasteiger partial charge in [0.05, 0.1) is 13.2 Å². The Kier molecular flexibility index (Phi) is 8.22. The number of benzene rings is 3. The number of carbonyl (C=O) groups is 1. The molecular weight excluding hydrogens is 407 g/mol. The Morgan fingerprint density at radius 1 is 1.03 bits per heavy atom. The van der Waals surface area contributed by atoms with Crippen LogP contribution in [0.1, 0.15) is 40.9 Å². The van der Waals surface area contributed by atoms with Crippen molar-refractivity contribution in [2.24, 2.45) is 5.73 Å². The van der Waals surface area contributed by atoms with E-state index in [2.05, 4.69) is 0 Å². The zero-order chi connectivity index (χ0) is 22.9. The van der Waals surface area contributed by atoms with E-state index in [0.29, 0.717) is 43.2 Å². The van der Waals surface area contributed by atoms with Gasteiger partial charge in [-0.1, -0.05) is 42.5 Å². The minimum atomic E-state index is -0.309. The molecule has 0 saturated heterocycles. The van der Waals surface area contributed by atoms with Crippen LogP contribution in [0.4, 0.5) is 4.39 Å². The molecule has 0 aromatic heterocycles. The maximum absolute atomic E-state index is 13.4. The highest BCUT2D eigenvalue weighted by atomic mass is 19.1. The Balaban J connectivity index is 1.81. The third-order valence-electron chi connectivity index (χ3n) is 5.33. The van der Waals surface area contributed by atoms with Crippen molar-refractivity contribution in [3.05, 3.63) is 95.3 Å². The van der Waals surface area contributed by atoms with Crippen LogP contribution in [0, 0.1) is 5.82 Å². The van der Waals surface area contributed by atoms with Crippen molar-refractivity contribution < 1.29 is 18.7 Å². The largest absolute Gasteiger partial charge is 0.493 e. The van der Waals surface area contributed by atoms with Gasteiger partial charge in [0.1, 0.15) is 12.4 Å². The standard InChI is InChI=1S/C26H29FN2O3/c1-19(21-9-12-23(27)13-10-21)29(16-6-15-28)26(30)22-11-14-24(25(17-22)31-2)32-18-20-7-4-3-5-8-20/h3-5,7-14,17,19H,6,15-16,18,28H2,1-2H3. The number of hydrogen-bond donors (Lipinski definition) is 1. The smallest absolute Gasteiger partial charge is 0.254 e. The molecule has 0 spiro atoms. The molecule has 0 bridgehead atoms. The quantitative estimate of drug-likeness (QED) is 0.488. The summed E-state index contributed by atoms with van der Waals surface area (Å²) >= 11 is 0. The molecule has 3 aromatic rings. The number of carbonyl (C=O) groups excluding carboxylic acids is 1. The van der Waals surface area contributed by atoms with E-state index in [0.717, 1.165) is 11.1 Å².